The summed E-state index contributed by atoms with van der Waals surface area (Å²) in [5, 5.41) is 2.76. The Kier molecular flexibility index (Phi) is 1.97. The lowest BCUT2D eigenvalue weighted by Gasteiger charge is -2.13. The molecule has 0 aromatic heterocycles. The third-order valence-electron chi connectivity index (χ3n) is 1.53. The molecule has 0 fully saturated rings. The second-order valence-corrected chi connectivity index (χ2v) is 2.25. The highest BCUT2D eigenvalue weighted by atomic mass is 16.1. The molecule has 1 unspecified atom stereocenters. The molecule has 10 heavy (non-hydrogen) atoms. The molecular weight excluding hydrogens is 130 g/mol. The van der Waals surface area contributed by atoms with Crippen LogP contribution in [0.5, 0.6) is 0 Å². The largest absolute Gasteiger partial charge is 0.310 e. The number of hydrogen-bond acceptors (Lipinski definition) is 3. The van der Waals surface area contributed by atoms with E-state index in [2.05, 4.69) is 5.32 Å². The zero-order chi connectivity index (χ0) is 7.56. The van der Waals surface area contributed by atoms with E-state index in [1.165, 1.54) is 12.2 Å². The summed E-state index contributed by atoms with van der Waals surface area (Å²) in [6.45, 7) is 0. The van der Waals surface area contributed by atoms with Crippen molar-refractivity contribution in [3.8, 4) is 0 Å². The van der Waals surface area contributed by atoms with Crippen molar-refractivity contribution in [3.05, 3.63) is 12.2 Å². The summed E-state index contributed by atoms with van der Waals surface area (Å²) in [6.07, 6.45) is 2.95. The number of nitrogens with one attached hydrogen (secondary N) is 1. The van der Waals surface area contributed by atoms with E-state index in [0.717, 1.165) is 0 Å². The Labute approximate surface area is 59.1 Å². The fourth-order valence-corrected chi connectivity index (χ4v) is 0.905. The minimum absolute atomic E-state index is 0.0119. The van der Waals surface area contributed by atoms with Gasteiger partial charge in [-0.2, -0.15) is 0 Å². The lowest BCUT2D eigenvalue weighted by atomic mass is 10.0. The molecule has 1 N–H and O–H groups in total. The maximum absolute atomic E-state index is 10.9. The van der Waals surface area contributed by atoms with Crippen LogP contribution in [0.2, 0.25) is 0 Å². The van der Waals surface area contributed by atoms with Gasteiger partial charge in [-0.15, -0.1) is 0 Å². The van der Waals surface area contributed by atoms with Crippen LogP contribution in [0.3, 0.4) is 0 Å². The second kappa shape index (κ2) is 2.75. The second-order valence-electron chi connectivity index (χ2n) is 2.25. The van der Waals surface area contributed by atoms with Gasteiger partial charge in [-0.05, 0) is 19.2 Å². The van der Waals surface area contributed by atoms with Crippen LogP contribution in [-0.2, 0) is 9.59 Å². The summed E-state index contributed by atoms with van der Waals surface area (Å²) in [5.41, 5.74) is 0. The van der Waals surface area contributed by atoms with Crippen LogP contribution in [0, 0.1) is 0 Å². The first-order valence-electron chi connectivity index (χ1n) is 3.16. The van der Waals surface area contributed by atoms with Crippen LogP contribution in [0.1, 0.15) is 6.42 Å². The normalized spacial score (nSPS) is 25.5. The molecule has 0 aliphatic heterocycles. The van der Waals surface area contributed by atoms with Gasteiger partial charge < -0.3 is 5.32 Å². The molecule has 0 aromatic rings. The topological polar surface area (TPSA) is 46.2 Å². The van der Waals surface area contributed by atoms with E-state index >= 15 is 0 Å². The minimum Gasteiger partial charge on any atom is -0.310 e. The predicted octanol–water partition coefficient (Wildman–Crippen LogP) is -0.328. The molecule has 0 amide bonds. The highest BCUT2D eigenvalue weighted by molar-refractivity contribution is 6.07. The molecule has 0 spiro atoms. The summed E-state index contributed by atoms with van der Waals surface area (Å²) in [6, 6.07) is -0.294. The van der Waals surface area contributed by atoms with Gasteiger partial charge in [0.25, 0.3) is 0 Å². The molecular formula is C7H9NO2. The summed E-state index contributed by atoms with van der Waals surface area (Å²) >= 11 is 0. The van der Waals surface area contributed by atoms with Crippen LogP contribution in [0.4, 0.5) is 0 Å². The summed E-state index contributed by atoms with van der Waals surface area (Å²) in [7, 11) is 1.68. The molecule has 54 valence electrons. The highest BCUT2D eigenvalue weighted by Gasteiger charge is 2.20. The number of hydrogen-bond donors (Lipinski definition) is 1. The maximum Gasteiger partial charge on any atom is 0.173 e. The molecule has 3 nitrogen and oxygen atoms in total. The molecule has 1 rings (SSSR count). The first-order chi connectivity index (χ1) is 4.74. The van der Waals surface area contributed by atoms with Crippen molar-refractivity contribution < 1.29 is 9.59 Å². The van der Waals surface area contributed by atoms with E-state index in [1.807, 2.05) is 0 Å². The summed E-state index contributed by atoms with van der Waals surface area (Å²) in [5.74, 6) is 0.000972. The third kappa shape index (κ3) is 1.30. The Hall–Kier alpha value is -0.960. The standard InChI is InChI=1S/C7H9NO2/c1-8-6-4-5(9)2-3-7(6)10/h2-3,6,8H,4H2,1H3. The van der Waals surface area contributed by atoms with Crippen molar-refractivity contribution in [2.75, 3.05) is 7.05 Å². The van der Waals surface area contributed by atoms with Crippen LogP contribution in [-0.4, -0.2) is 24.7 Å². The van der Waals surface area contributed by atoms with E-state index in [4.69, 9.17) is 0 Å². The fraction of sp³-hybridized carbons (Fsp3) is 0.429. The average Bonchev–Trinajstić information content (AvgIpc) is 1.94. The Morgan fingerprint density at radius 2 is 2.20 bits per heavy atom. The van der Waals surface area contributed by atoms with Gasteiger partial charge in [0.2, 0.25) is 0 Å². The van der Waals surface area contributed by atoms with Crippen LogP contribution >= 0.6 is 0 Å². The fourth-order valence-electron chi connectivity index (χ4n) is 0.905. The first-order valence-corrected chi connectivity index (χ1v) is 3.16. The maximum atomic E-state index is 10.9. The van der Waals surface area contributed by atoms with Crippen LogP contribution in [0.25, 0.3) is 0 Å². The zero-order valence-electron chi connectivity index (χ0n) is 5.76. The van der Waals surface area contributed by atoms with Crippen molar-refractivity contribution in [2.45, 2.75) is 12.5 Å². The lowest BCUT2D eigenvalue weighted by molar-refractivity contribution is -0.122. The van der Waals surface area contributed by atoms with Gasteiger partial charge >= 0.3 is 0 Å². The van der Waals surface area contributed by atoms with Crippen molar-refractivity contribution in [2.24, 2.45) is 0 Å². The molecule has 0 heterocycles. The van der Waals surface area contributed by atoms with Gasteiger partial charge in [0, 0.05) is 6.42 Å². The molecule has 0 bridgehead atoms. The molecule has 0 saturated carbocycles. The van der Waals surface area contributed by atoms with Crippen molar-refractivity contribution in [1.82, 2.24) is 5.32 Å². The highest BCUT2D eigenvalue weighted by Crippen LogP contribution is 2.02. The van der Waals surface area contributed by atoms with Crippen molar-refractivity contribution >= 4 is 11.6 Å². The SMILES string of the molecule is CNC1CC(=O)C=CC1=O. The zero-order valence-corrected chi connectivity index (χ0v) is 5.76. The van der Waals surface area contributed by atoms with E-state index in [0.29, 0.717) is 6.42 Å². The molecule has 1 atom stereocenters. The number of likely N-dealkylation sites (N-methyl/N-ethyl adjacent to an activating group) is 1. The monoisotopic (exact) mass is 139 g/mol. The first kappa shape index (κ1) is 7.15. The van der Waals surface area contributed by atoms with Gasteiger partial charge in [-0.3, -0.25) is 9.59 Å². The van der Waals surface area contributed by atoms with Gasteiger partial charge in [-0.25, -0.2) is 0 Å². The number of rotatable bonds is 1. The molecule has 0 radical (unpaired) electrons. The van der Waals surface area contributed by atoms with E-state index in [9.17, 15) is 9.59 Å². The smallest absolute Gasteiger partial charge is 0.173 e. The third-order valence-corrected chi connectivity index (χ3v) is 1.53. The molecule has 1 aliphatic carbocycles. The number of allylic oxidation sites excluding steroid dienone is 1. The Balaban J connectivity index is 2.71. The average molecular weight is 139 g/mol. The van der Waals surface area contributed by atoms with Gasteiger partial charge in [0.05, 0.1) is 6.04 Å². The van der Waals surface area contributed by atoms with Crippen molar-refractivity contribution in [3.63, 3.8) is 0 Å². The Morgan fingerprint density at radius 1 is 1.50 bits per heavy atom. The van der Waals surface area contributed by atoms with Gasteiger partial charge in [0.15, 0.2) is 11.6 Å². The Morgan fingerprint density at radius 3 is 2.70 bits per heavy atom. The lowest BCUT2D eigenvalue weighted by Crippen LogP contribution is -2.37. The summed E-state index contributed by atoms with van der Waals surface area (Å²) < 4.78 is 0. The quantitative estimate of drug-likeness (QED) is 0.541. The molecule has 1 aliphatic rings. The predicted molar refractivity (Wildman–Crippen MR) is 36.6 cm³/mol. The number of ketones is 2. The van der Waals surface area contributed by atoms with Crippen LogP contribution in [0.15, 0.2) is 12.2 Å². The molecule has 3 heteroatoms. The van der Waals surface area contributed by atoms with Gasteiger partial charge in [0.1, 0.15) is 0 Å². The van der Waals surface area contributed by atoms with Crippen LogP contribution < -0.4 is 5.32 Å². The van der Waals surface area contributed by atoms with E-state index in [1.54, 1.807) is 7.05 Å². The van der Waals surface area contributed by atoms with E-state index in [-0.39, 0.29) is 17.6 Å². The summed E-state index contributed by atoms with van der Waals surface area (Å²) in [4.78, 5) is 21.6. The Bertz CT molecular complexity index is 196. The van der Waals surface area contributed by atoms with Crippen molar-refractivity contribution in [1.29, 1.82) is 0 Å². The van der Waals surface area contributed by atoms with E-state index < -0.39 is 0 Å². The minimum atomic E-state index is -0.294. The van der Waals surface area contributed by atoms with Gasteiger partial charge in [-0.1, -0.05) is 0 Å². The molecule has 0 aromatic carbocycles. The number of carbonyl (C=O) groups is 2. The molecule has 0 saturated heterocycles. The number of carbonyl (C=O) groups excluding carboxylic acids is 2.